The number of nitrogens with one attached hydrogen (secondary N) is 1. The molecule has 1 rings (SSSR count). The van der Waals surface area contributed by atoms with Crippen molar-refractivity contribution in [3.63, 3.8) is 0 Å². The van der Waals surface area contributed by atoms with Gasteiger partial charge in [-0.25, -0.2) is 0 Å². The van der Waals surface area contributed by atoms with E-state index in [1.54, 1.807) is 0 Å². The van der Waals surface area contributed by atoms with Crippen LogP contribution in [-0.2, 0) is 4.79 Å². The predicted octanol–water partition coefficient (Wildman–Crippen LogP) is 2.48. The van der Waals surface area contributed by atoms with Crippen molar-refractivity contribution in [2.45, 2.75) is 65.8 Å². The minimum atomic E-state index is -0.890. The maximum Gasteiger partial charge on any atom is 0.234 e. The first-order valence-corrected chi connectivity index (χ1v) is 7.68. The van der Waals surface area contributed by atoms with E-state index in [9.17, 15) is 4.79 Å². The first-order chi connectivity index (χ1) is 9.39. The van der Waals surface area contributed by atoms with Crippen molar-refractivity contribution >= 4 is 11.7 Å². The lowest BCUT2D eigenvalue weighted by atomic mass is 9.77. The molecule has 0 aromatic carbocycles. The number of hydrogen-bond donors (Lipinski definition) is 3. The maximum atomic E-state index is 12.6. The number of amides is 1. The van der Waals surface area contributed by atoms with Crippen molar-refractivity contribution in [3.05, 3.63) is 0 Å². The molecule has 0 bridgehead atoms. The second-order valence-electron chi connectivity index (χ2n) is 6.36. The van der Waals surface area contributed by atoms with E-state index in [0.717, 1.165) is 12.8 Å². The molecule has 0 aromatic heterocycles. The molecule has 2 unspecified atom stereocenters. The van der Waals surface area contributed by atoms with Crippen LogP contribution in [0.1, 0.15) is 59.8 Å². The molecule has 5 nitrogen and oxygen atoms in total. The highest BCUT2D eigenvalue weighted by molar-refractivity contribution is 6.06. The fourth-order valence-corrected chi connectivity index (χ4v) is 3.53. The zero-order valence-corrected chi connectivity index (χ0v) is 13.1. The summed E-state index contributed by atoms with van der Waals surface area (Å²) in [6.45, 7) is 8.25. The zero-order chi connectivity index (χ0) is 15.3. The van der Waals surface area contributed by atoms with E-state index in [4.69, 9.17) is 10.9 Å². The van der Waals surface area contributed by atoms with Crippen molar-refractivity contribution in [1.29, 1.82) is 0 Å². The molecule has 20 heavy (non-hydrogen) atoms. The van der Waals surface area contributed by atoms with E-state index in [1.165, 1.54) is 6.42 Å². The lowest BCUT2D eigenvalue weighted by Gasteiger charge is -2.35. The maximum absolute atomic E-state index is 12.6. The van der Waals surface area contributed by atoms with Gasteiger partial charge in [0.2, 0.25) is 5.91 Å². The highest BCUT2D eigenvalue weighted by atomic mass is 16.4. The van der Waals surface area contributed by atoms with Gasteiger partial charge in [-0.2, -0.15) is 0 Å². The Balaban J connectivity index is 2.81. The lowest BCUT2D eigenvalue weighted by molar-refractivity contribution is -0.129. The summed E-state index contributed by atoms with van der Waals surface area (Å²) in [5.41, 5.74) is 4.88. The van der Waals surface area contributed by atoms with Gasteiger partial charge >= 0.3 is 0 Å². The Kier molecular flexibility index (Phi) is 5.84. The van der Waals surface area contributed by atoms with Crippen LogP contribution in [0, 0.1) is 17.3 Å². The summed E-state index contributed by atoms with van der Waals surface area (Å²) in [5.74, 6) is 1.16. The molecular formula is C15H29N3O2. The van der Waals surface area contributed by atoms with Gasteiger partial charge in [-0.05, 0) is 43.9 Å². The van der Waals surface area contributed by atoms with Crippen LogP contribution in [0.25, 0.3) is 0 Å². The van der Waals surface area contributed by atoms with Gasteiger partial charge in [0.15, 0.2) is 5.84 Å². The van der Waals surface area contributed by atoms with Crippen molar-refractivity contribution in [2.75, 3.05) is 0 Å². The van der Waals surface area contributed by atoms with E-state index in [1.807, 2.05) is 13.8 Å². The monoisotopic (exact) mass is 283 g/mol. The highest BCUT2D eigenvalue weighted by Crippen LogP contribution is 2.31. The number of hydrogen-bond acceptors (Lipinski definition) is 3. The number of rotatable bonds is 5. The normalized spacial score (nSPS) is 28.2. The van der Waals surface area contributed by atoms with Crippen molar-refractivity contribution in [1.82, 2.24) is 5.32 Å². The molecule has 0 heterocycles. The lowest BCUT2D eigenvalue weighted by Crippen LogP contribution is -2.53. The predicted molar refractivity (Wildman–Crippen MR) is 80.5 cm³/mol. The molecule has 0 radical (unpaired) electrons. The van der Waals surface area contributed by atoms with Gasteiger partial charge in [0.25, 0.3) is 0 Å². The summed E-state index contributed by atoms with van der Waals surface area (Å²) in [5, 5.41) is 15.2. The average Bonchev–Trinajstić information content (AvgIpc) is 2.39. The Morgan fingerprint density at radius 2 is 1.75 bits per heavy atom. The highest BCUT2D eigenvalue weighted by Gasteiger charge is 2.41. The summed E-state index contributed by atoms with van der Waals surface area (Å²) in [4.78, 5) is 12.6. The van der Waals surface area contributed by atoms with E-state index < -0.39 is 5.41 Å². The van der Waals surface area contributed by atoms with E-state index in [-0.39, 0.29) is 17.8 Å². The summed E-state index contributed by atoms with van der Waals surface area (Å²) in [6.07, 6.45) is 4.30. The molecule has 1 aliphatic rings. The second kappa shape index (κ2) is 6.95. The average molecular weight is 283 g/mol. The molecule has 0 spiro atoms. The number of carbonyl (C=O) groups is 1. The quantitative estimate of drug-likeness (QED) is 0.313. The Labute approximate surface area is 122 Å². The molecule has 0 aliphatic heterocycles. The first-order valence-electron chi connectivity index (χ1n) is 7.68. The third kappa shape index (κ3) is 3.44. The number of oxime groups is 1. The van der Waals surface area contributed by atoms with E-state index >= 15 is 0 Å². The van der Waals surface area contributed by atoms with Crippen LogP contribution in [0.15, 0.2) is 5.16 Å². The minimum Gasteiger partial charge on any atom is -0.409 e. The van der Waals surface area contributed by atoms with Crippen molar-refractivity contribution < 1.29 is 10.0 Å². The summed E-state index contributed by atoms with van der Waals surface area (Å²) in [6, 6.07) is 0.199. The van der Waals surface area contributed by atoms with Gasteiger partial charge in [0.05, 0.1) is 0 Å². The SMILES string of the molecule is CCC(CC)(C(=O)NC1CC(C)CC(C)C1)C(N)=NO. The topological polar surface area (TPSA) is 87.7 Å². The van der Waals surface area contributed by atoms with Crippen LogP contribution in [-0.4, -0.2) is 23.0 Å². The van der Waals surface area contributed by atoms with Gasteiger partial charge in [-0.3, -0.25) is 4.79 Å². The zero-order valence-electron chi connectivity index (χ0n) is 13.1. The number of nitrogens with two attached hydrogens (primary N) is 1. The van der Waals surface area contributed by atoms with Crippen LogP contribution >= 0.6 is 0 Å². The Bertz CT molecular complexity index is 354. The van der Waals surface area contributed by atoms with Gasteiger partial charge < -0.3 is 16.3 Å². The van der Waals surface area contributed by atoms with Crippen LogP contribution in [0.4, 0.5) is 0 Å². The Hall–Kier alpha value is -1.26. The third-order valence-electron chi connectivity index (χ3n) is 4.75. The van der Waals surface area contributed by atoms with Gasteiger partial charge in [0, 0.05) is 6.04 Å². The fraction of sp³-hybridized carbons (Fsp3) is 0.867. The summed E-state index contributed by atoms with van der Waals surface area (Å²) in [7, 11) is 0. The molecule has 1 fully saturated rings. The molecule has 1 saturated carbocycles. The van der Waals surface area contributed by atoms with Crippen LogP contribution in [0.5, 0.6) is 0 Å². The molecule has 1 aliphatic carbocycles. The Morgan fingerprint density at radius 1 is 1.25 bits per heavy atom. The molecule has 5 heteroatoms. The summed E-state index contributed by atoms with van der Waals surface area (Å²) >= 11 is 0. The number of nitrogens with zero attached hydrogens (tertiary/aromatic N) is 1. The molecule has 1 amide bonds. The molecule has 116 valence electrons. The molecule has 0 saturated heterocycles. The van der Waals surface area contributed by atoms with Crippen molar-refractivity contribution in [3.8, 4) is 0 Å². The van der Waals surface area contributed by atoms with Crippen molar-refractivity contribution in [2.24, 2.45) is 28.1 Å². The molecule has 4 N–H and O–H groups in total. The van der Waals surface area contributed by atoms with Crippen LogP contribution in [0.3, 0.4) is 0 Å². The van der Waals surface area contributed by atoms with E-state index in [2.05, 4.69) is 24.3 Å². The molecular weight excluding hydrogens is 254 g/mol. The molecule has 2 atom stereocenters. The third-order valence-corrected chi connectivity index (χ3v) is 4.75. The second-order valence-corrected chi connectivity index (χ2v) is 6.36. The molecule has 0 aromatic rings. The fourth-order valence-electron chi connectivity index (χ4n) is 3.53. The van der Waals surface area contributed by atoms with Gasteiger partial charge in [-0.15, -0.1) is 0 Å². The summed E-state index contributed by atoms with van der Waals surface area (Å²) < 4.78 is 0. The Morgan fingerprint density at radius 3 is 2.15 bits per heavy atom. The standard InChI is InChI=1S/C15H29N3O2/c1-5-15(6-2,13(16)18-20)14(19)17-12-8-10(3)7-11(4)9-12/h10-12,20H,5-9H2,1-4H3,(H2,16,18)(H,17,19). The minimum absolute atomic E-state index is 0.0110. The van der Waals surface area contributed by atoms with Gasteiger partial charge in [0.1, 0.15) is 5.41 Å². The number of carbonyl (C=O) groups excluding carboxylic acids is 1. The first kappa shape index (κ1) is 16.8. The van der Waals surface area contributed by atoms with E-state index in [0.29, 0.717) is 24.7 Å². The number of amidine groups is 1. The van der Waals surface area contributed by atoms with Gasteiger partial charge in [-0.1, -0.05) is 32.9 Å². The van der Waals surface area contributed by atoms with Crippen LogP contribution in [0.2, 0.25) is 0 Å². The van der Waals surface area contributed by atoms with Crippen LogP contribution < -0.4 is 11.1 Å². The largest absolute Gasteiger partial charge is 0.409 e. The smallest absolute Gasteiger partial charge is 0.234 e.